The van der Waals surface area contributed by atoms with Gasteiger partial charge in [0.1, 0.15) is 9.90 Å². The van der Waals surface area contributed by atoms with Gasteiger partial charge in [-0.1, -0.05) is 54.6 Å². The molecule has 1 heterocycles. The van der Waals surface area contributed by atoms with E-state index in [1.165, 1.54) is 0 Å². The average molecular weight is 471 g/mol. The molecule has 0 aliphatic rings. The number of thiazole rings is 1. The highest BCUT2D eigenvalue weighted by Crippen LogP contribution is 2.30. The summed E-state index contributed by atoms with van der Waals surface area (Å²) < 4.78 is 28.3. The van der Waals surface area contributed by atoms with Crippen LogP contribution in [0.2, 0.25) is 0 Å². The van der Waals surface area contributed by atoms with Crippen molar-refractivity contribution < 1.29 is 8.42 Å². The fraction of sp³-hybridized carbons (Fsp3) is 0. The van der Waals surface area contributed by atoms with Crippen molar-refractivity contribution in [1.29, 1.82) is 0 Å². The van der Waals surface area contributed by atoms with Crippen LogP contribution in [0.15, 0.2) is 93.6 Å². The lowest BCUT2D eigenvalue weighted by atomic mass is 10.1. The van der Waals surface area contributed by atoms with Crippen LogP contribution in [0.4, 0.5) is 5.69 Å². The first-order valence-electron chi connectivity index (χ1n) is 8.42. The number of sulfonamides is 1. The van der Waals surface area contributed by atoms with E-state index in [0.717, 1.165) is 21.8 Å². The topological polar surface area (TPSA) is 59.1 Å². The smallest absolute Gasteiger partial charge is 0.263 e. The Bertz CT molecular complexity index is 1200. The lowest BCUT2D eigenvalue weighted by molar-refractivity contribution is 0.601. The molecule has 0 radical (unpaired) electrons. The highest BCUT2D eigenvalue weighted by Gasteiger charge is 2.17. The standard InChI is InChI=1S/C21H15BrN2O2S2/c22-18-8-4-5-9-20(18)28(25,26)24-17-12-10-15(11-13-17)19-14-27-21(23-19)16-6-2-1-3-7-16/h1-14,24H. The zero-order valence-electron chi connectivity index (χ0n) is 14.5. The second-order valence-electron chi connectivity index (χ2n) is 6.02. The third-order valence-corrected chi connectivity index (χ3v) is 7.37. The molecule has 0 aliphatic carbocycles. The highest BCUT2D eigenvalue weighted by atomic mass is 79.9. The van der Waals surface area contributed by atoms with Crippen LogP contribution in [0.25, 0.3) is 21.8 Å². The zero-order valence-corrected chi connectivity index (χ0v) is 17.8. The maximum Gasteiger partial charge on any atom is 0.263 e. The predicted molar refractivity (Wildman–Crippen MR) is 118 cm³/mol. The van der Waals surface area contributed by atoms with E-state index in [-0.39, 0.29) is 4.90 Å². The first kappa shape index (κ1) is 18.9. The van der Waals surface area contributed by atoms with E-state index >= 15 is 0 Å². The second-order valence-corrected chi connectivity index (χ2v) is 9.38. The fourth-order valence-corrected chi connectivity index (χ4v) is 5.60. The van der Waals surface area contributed by atoms with Crippen LogP contribution in [-0.2, 0) is 10.0 Å². The van der Waals surface area contributed by atoms with Gasteiger partial charge in [0.25, 0.3) is 10.0 Å². The monoisotopic (exact) mass is 470 g/mol. The van der Waals surface area contributed by atoms with Gasteiger partial charge in [0.2, 0.25) is 0 Å². The maximum atomic E-state index is 12.6. The Balaban J connectivity index is 1.55. The van der Waals surface area contributed by atoms with Gasteiger partial charge in [0.15, 0.2) is 0 Å². The summed E-state index contributed by atoms with van der Waals surface area (Å²) in [5, 5.41) is 2.96. The summed E-state index contributed by atoms with van der Waals surface area (Å²) in [5.74, 6) is 0. The molecule has 1 aromatic heterocycles. The van der Waals surface area contributed by atoms with E-state index in [2.05, 4.69) is 25.6 Å². The van der Waals surface area contributed by atoms with Crippen LogP contribution in [0.3, 0.4) is 0 Å². The van der Waals surface area contributed by atoms with Crippen molar-refractivity contribution in [2.24, 2.45) is 0 Å². The van der Waals surface area contributed by atoms with Crippen LogP contribution in [0.5, 0.6) is 0 Å². The molecule has 0 aliphatic heterocycles. The number of hydrogen-bond acceptors (Lipinski definition) is 4. The molecule has 0 atom stereocenters. The van der Waals surface area contributed by atoms with Gasteiger partial charge in [0, 0.05) is 26.7 Å². The summed E-state index contributed by atoms with van der Waals surface area (Å²) >= 11 is 4.87. The van der Waals surface area contributed by atoms with Gasteiger partial charge < -0.3 is 0 Å². The largest absolute Gasteiger partial charge is 0.280 e. The molecule has 7 heteroatoms. The van der Waals surface area contributed by atoms with Crippen molar-refractivity contribution >= 4 is 43.0 Å². The Morgan fingerprint density at radius 3 is 2.21 bits per heavy atom. The number of benzene rings is 3. The fourth-order valence-electron chi connectivity index (χ4n) is 2.70. The molecule has 0 bridgehead atoms. The van der Waals surface area contributed by atoms with Gasteiger partial charge in [-0.25, -0.2) is 13.4 Å². The van der Waals surface area contributed by atoms with Crippen LogP contribution < -0.4 is 4.72 Å². The molecule has 0 saturated carbocycles. The van der Waals surface area contributed by atoms with E-state index in [4.69, 9.17) is 0 Å². The van der Waals surface area contributed by atoms with E-state index in [1.54, 1.807) is 47.7 Å². The molecular formula is C21H15BrN2O2S2. The minimum atomic E-state index is -3.66. The first-order chi connectivity index (χ1) is 13.5. The molecular weight excluding hydrogens is 456 g/mol. The van der Waals surface area contributed by atoms with Crippen molar-refractivity contribution in [3.05, 3.63) is 88.7 Å². The molecule has 4 nitrogen and oxygen atoms in total. The van der Waals surface area contributed by atoms with Gasteiger partial charge >= 0.3 is 0 Å². The third-order valence-electron chi connectivity index (χ3n) is 4.08. The molecule has 3 aromatic carbocycles. The molecule has 140 valence electrons. The van der Waals surface area contributed by atoms with Crippen LogP contribution in [0, 0.1) is 0 Å². The van der Waals surface area contributed by atoms with Crippen LogP contribution in [0.1, 0.15) is 0 Å². The molecule has 0 saturated heterocycles. The third kappa shape index (κ3) is 4.01. The highest BCUT2D eigenvalue weighted by molar-refractivity contribution is 9.10. The Labute approximate surface area is 176 Å². The molecule has 0 spiro atoms. The SMILES string of the molecule is O=S(=O)(Nc1ccc(-c2csc(-c3ccccc3)n2)cc1)c1ccccc1Br. The van der Waals surface area contributed by atoms with Crippen molar-refractivity contribution in [2.45, 2.75) is 4.90 Å². The van der Waals surface area contributed by atoms with Crippen molar-refractivity contribution in [2.75, 3.05) is 4.72 Å². The number of hydrogen-bond donors (Lipinski definition) is 1. The lowest BCUT2D eigenvalue weighted by Crippen LogP contribution is -2.13. The molecule has 0 unspecified atom stereocenters. The summed E-state index contributed by atoms with van der Waals surface area (Å²) in [6.45, 7) is 0. The summed E-state index contributed by atoms with van der Waals surface area (Å²) in [6.07, 6.45) is 0. The quantitative estimate of drug-likeness (QED) is 0.386. The van der Waals surface area contributed by atoms with Gasteiger partial charge in [-0.3, -0.25) is 4.72 Å². The normalized spacial score (nSPS) is 11.3. The number of halogens is 1. The van der Waals surface area contributed by atoms with Gasteiger partial charge in [-0.2, -0.15) is 0 Å². The van der Waals surface area contributed by atoms with Gasteiger partial charge in [-0.15, -0.1) is 11.3 Å². The summed E-state index contributed by atoms with van der Waals surface area (Å²) in [5.41, 5.74) is 3.38. The lowest BCUT2D eigenvalue weighted by Gasteiger charge is -2.10. The minimum absolute atomic E-state index is 0.200. The van der Waals surface area contributed by atoms with Crippen LogP contribution >= 0.6 is 27.3 Å². The maximum absolute atomic E-state index is 12.6. The van der Waals surface area contributed by atoms with Crippen LogP contribution in [-0.4, -0.2) is 13.4 Å². The van der Waals surface area contributed by atoms with Gasteiger partial charge in [-0.05, 0) is 40.2 Å². The summed E-state index contributed by atoms with van der Waals surface area (Å²) in [7, 11) is -3.66. The number of rotatable bonds is 5. The van der Waals surface area contributed by atoms with E-state index in [0.29, 0.717) is 10.2 Å². The Hall–Kier alpha value is -2.48. The summed E-state index contributed by atoms with van der Waals surface area (Å²) in [4.78, 5) is 4.89. The Kier molecular flexibility index (Phi) is 5.30. The van der Waals surface area contributed by atoms with Crippen molar-refractivity contribution in [3.8, 4) is 21.8 Å². The summed E-state index contributed by atoms with van der Waals surface area (Å²) in [6, 6.07) is 23.9. The van der Waals surface area contributed by atoms with Crippen molar-refractivity contribution in [3.63, 3.8) is 0 Å². The Morgan fingerprint density at radius 2 is 1.50 bits per heavy atom. The Morgan fingerprint density at radius 1 is 0.821 bits per heavy atom. The second kappa shape index (κ2) is 7.87. The first-order valence-corrected chi connectivity index (χ1v) is 11.6. The molecule has 1 N–H and O–H groups in total. The number of anilines is 1. The van der Waals surface area contributed by atoms with Crippen molar-refractivity contribution in [1.82, 2.24) is 4.98 Å². The molecule has 4 aromatic rings. The predicted octanol–water partition coefficient (Wildman–Crippen LogP) is 6.04. The van der Waals surface area contributed by atoms with E-state index in [9.17, 15) is 8.42 Å². The number of nitrogens with zero attached hydrogens (tertiary/aromatic N) is 1. The molecule has 28 heavy (non-hydrogen) atoms. The van der Waals surface area contributed by atoms with E-state index < -0.39 is 10.0 Å². The number of nitrogens with one attached hydrogen (secondary N) is 1. The molecule has 4 rings (SSSR count). The number of aromatic nitrogens is 1. The zero-order chi connectivity index (χ0) is 19.6. The average Bonchev–Trinajstić information content (AvgIpc) is 3.19. The minimum Gasteiger partial charge on any atom is -0.280 e. The molecule has 0 amide bonds. The van der Waals surface area contributed by atoms with Gasteiger partial charge in [0.05, 0.1) is 5.69 Å². The molecule has 0 fully saturated rings. The van der Waals surface area contributed by atoms with E-state index in [1.807, 2.05) is 47.8 Å².